The smallest absolute Gasteiger partial charge is 0.132 e. The van der Waals surface area contributed by atoms with Crippen LogP contribution >= 0.6 is 0 Å². The Bertz CT molecular complexity index is 1120. The first-order valence-corrected chi connectivity index (χ1v) is 10.8. The number of hydrogen-bond acceptors (Lipinski definition) is 5. The molecule has 1 fully saturated rings. The highest BCUT2D eigenvalue weighted by Crippen LogP contribution is 2.51. The zero-order valence-electron chi connectivity index (χ0n) is 18.2. The van der Waals surface area contributed by atoms with Crippen LogP contribution in [-0.4, -0.2) is 25.9 Å². The van der Waals surface area contributed by atoms with Crippen molar-refractivity contribution in [2.24, 2.45) is 11.7 Å². The van der Waals surface area contributed by atoms with Gasteiger partial charge >= 0.3 is 0 Å². The molecule has 1 saturated carbocycles. The van der Waals surface area contributed by atoms with Crippen LogP contribution in [0.15, 0.2) is 48.3 Å². The molecule has 1 atom stereocenters. The Morgan fingerprint density at radius 2 is 1.90 bits per heavy atom. The molecule has 2 heterocycles. The summed E-state index contributed by atoms with van der Waals surface area (Å²) < 4.78 is 17.8. The second kappa shape index (κ2) is 7.25. The van der Waals surface area contributed by atoms with E-state index >= 15 is 0 Å². The van der Waals surface area contributed by atoms with Crippen molar-refractivity contribution in [3.05, 3.63) is 65.0 Å². The minimum absolute atomic E-state index is 0.370. The minimum Gasteiger partial charge on any atom is -0.491 e. The maximum atomic E-state index is 6.29. The van der Waals surface area contributed by atoms with Gasteiger partial charge in [0, 0.05) is 36.3 Å². The molecule has 0 saturated heterocycles. The lowest BCUT2D eigenvalue weighted by Crippen LogP contribution is -2.34. The molecule has 3 aliphatic rings. The van der Waals surface area contributed by atoms with Crippen LogP contribution in [0.3, 0.4) is 0 Å². The van der Waals surface area contributed by atoms with E-state index in [-0.39, 0.29) is 5.60 Å². The Labute approximate surface area is 183 Å². The van der Waals surface area contributed by atoms with Crippen LogP contribution in [0, 0.1) is 17.8 Å². The number of ether oxygens (including phenoxy) is 3. The molecule has 1 aliphatic carbocycles. The van der Waals surface area contributed by atoms with E-state index in [1.54, 1.807) is 7.11 Å². The molecule has 0 bridgehead atoms. The molecule has 160 valence electrons. The zero-order valence-corrected chi connectivity index (χ0v) is 18.2. The normalized spacial score (nSPS) is 21.2. The fourth-order valence-corrected chi connectivity index (χ4v) is 4.03. The topological polar surface area (TPSA) is 65.7 Å². The van der Waals surface area contributed by atoms with E-state index in [9.17, 15) is 0 Å². The van der Waals surface area contributed by atoms with Crippen LogP contribution in [-0.2, 0) is 10.2 Å². The largest absolute Gasteiger partial charge is 0.491 e. The van der Waals surface area contributed by atoms with Crippen molar-refractivity contribution in [1.82, 2.24) is 5.32 Å². The molecular weight excluding hydrogens is 388 g/mol. The van der Waals surface area contributed by atoms with Crippen LogP contribution < -0.4 is 20.5 Å². The highest BCUT2D eigenvalue weighted by Gasteiger charge is 2.44. The van der Waals surface area contributed by atoms with Gasteiger partial charge in [0.15, 0.2) is 0 Å². The predicted molar refractivity (Wildman–Crippen MR) is 120 cm³/mol. The molecular formula is C26H28N2O3. The van der Waals surface area contributed by atoms with Crippen LogP contribution in [0.5, 0.6) is 17.2 Å². The third-order valence-corrected chi connectivity index (χ3v) is 6.22. The lowest BCUT2D eigenvalue weighted by molar-refractivity contribution is -0.0147. The Morgan fingerprint density at radius 1 is 1.16 bits per heavy atom. The summed E-state index contributed by atoms with van der Waals surface area (Å²) in [4.78, 5) is 0. The van der Waals surface area contributed by atoms with Gasteiger partial charge in [-0.2, -0.15) is 0 Å². The van der Waals surface area contributed by atoms with Crippen molar-refractivity contribution in [1.29, 1.82) is 0 Å². The molecule has 2 aliphatic heterocycles. The molecule has 0 unspecified atom stereocenters. The number of rotatable bonds is 4. The van der Waals surface area contributed by atoms with Crippen molar-refractivity contribution in [3.63, 3.8) is 0 Å². The van der Waals surface area contributed by atoms with E-state index in [0.717, 1.165) is 33.9 Å². The van der Waals surface area contributed by atoms with Crippen molar-refractivity contribution < 1.29 is 14.2 Å². The molecule has 3 N–H and O–H groups in total. The first-order valence-electron chi connectivity index (χ1n) is 10.8. The van der Waals surface area contributed by atoms with Crippen LogP contribution in [0.4, 0.5) is 0 Å². The number of benzene rings is 2. The summed E-state index contributed by atoms with van der Waals surface area (Å²) in [6, 6.07) is 12.2. The van der Waals surface area contributed by atoms with Gasteiger partial charge in [0.05, 0.1) is 16.8 Å². The summed E-state index contributed by atoms with van der Waals surface area (Å²) >= 11 is 0. The Kier molecular flexibility index (Phi) is 4.64. The standard InChI is InChI=1S/C26H28N2O3/c1-25(2,29-3)16-30-19-9-11-23-21(13-19)26(14-24(27)28-15-26)20-12-18(7-6-17-4-5-17)8-10-22(20)31-23/h8-14,17,28H,4-5,15-16,27H2,1-3H3/t26-/m0/s1. The van der Waals surface area contributed by atoms with Gasteiger partial charge in [-0.1, -0.05) is 11.8 Å². The molecule has 0 amide bonds. The quantitative estimate of drug-likeness (QED) is 0.737. The number of methoxy groups -OCH3 is 1. The molecule has 31 heavy (non-hydrogen) atoms. The van der Waals surface area contributed by atoms with Crippen molar-refractivity contribution in [2.45, 2.75) is 37.7 Å². The Balaban J connectivity index is 1.56. The maximum Gasteiger partial charge on any atom is 0.132 e. The van der Waals surface area contributed by atoms with Crippen LogP contribution in [0.1, 0.15) is 43.4 Å². The van der Waals surface area contributed by atoms with Gasteiger partial charge in [-0.05, 0) is 69.2 Å². The van der Waals surface area contributed by atoms with E-state index in [1.807, 2.05) is 38.1 Å². The third kappa shape index (κ3) is 3.73. The summed E-state index contributed by atoms with van der Waals surface area (Å²) in [7, 11) is 1.69. The van der Waals surface area contributed by atoms with Gasteiger partial charge in [-0.3, -0.25) is 0 Å². The molecule has 1 spiro atoms. The monoisotopic (exact) mass is 416 g/mol. The zero-order chi connectivity index (χ0) is 21.6. The van der Waals surface area contributed by atoms with E-state index in [2.05, 4.69) is 35.4 Å². The lowest BCUT2D eigenvalue weighted by Gasteiger charge is -2.36. The van der Waals surface area contributed by atoms with Gasteiger partial charge < -0.3 is 25.3 Å². The highest BCUT2D eigenvalue weighted by atomic mass is 16.5. The second-order valence-electron chi connectivity index (χ2n) is 9.19. The van der Waals surface area contributed by atoms with Gasteiger partial charge in [0.1, 0.15) is 23.9 Å². The maximum absolute atomic E-state index is 6.29. The van der Waals surface area contributed by atoms with Crippen molar-refractivity contribution in [3.8, 4) is 29.1 Å². The van der Waals surface area contributed by atoms with Crippen molar-refractivity contribution in [2.75, 3.05) is 20.3 Å². The summed E-state index contributed by atoms with van der Waals surface area (Å²) in [5.41, 5.74) is 8.52. The predicted octanol–water partition coefficient (Wildman–Crippen LogP) is 4.05. The average molecular weight is 417 g/mol. The van der Waals surface area contributed by atoms with Gasteiger partial charge in [0.2, 0.25) is 0 Å². The molecule has 0 radical (unpaired) electrons. The molecule has 2 aromatic rings. The number of nitrogens with two attached hydrogens (primary N) is 1. The molecule has 2 aromatic carbocycles. The molecule has 5 nitrogen and oxygen atoms in total. The van der Waals surface area contributed by atoms with Gasteiger partial charge in [-0.25, -0.2) is 0 Å². The highest BCUT2D eigenvalue weighted by molar-refractivity contribution is 5.65. The van der Waals surface area contributed by atoms with Crippen molar-refractivity contribution >= 4 is 0 Å². The summed E-state index contributed by atoms with van der Waals surface area (Å²) in [6.45, 7) is 5.11. The fraction of sp³-hybridized carbons (Fsp3) is 0.385. The van der Waals surface area contributed by atoms with E-state index in [1.165, 1.54) is 12.8 Å². The number of hydrogen-bond donors (Lipinski definition) is 2. The molecule has 5 rings (SSSR count). The fourth-order valence-electron chi connectivity index (χ4n) is 4.03. The Hall–Kier alpha value is -3.10. The summed E-state index contributed by atoms with van der Waals surface area (Å²) in [6.07, 6.45) is 4.52. The summed E-state index contributed by atoms with van der Waals surface area (Å²) in [5, 5.41) is 3.31. The first-order chi connectivity index (χ1) is 14.9. The summed E-state index contributed by atoms with van der Waals surface area (Å²) in [5.74, 6) is 10.3. The van der Waals surface area contributed by atoms with E-state index < -0.39 is 5.41 Å². The molecule has 0 aromatic heterocycles. The van der Waals surface area contributed by atoms with E-state index in [4.69, 9.17) is 19.9 Å². The first kappa shape index (κ1) is 19.8. The van der Waals surface area contributed by atoms with Crippen LogP contribution in [0.2, 0.25) is 0 Å². The minimum atomic E-state index is -0.430. The second-order valence-corrected chi connectivity index (χ2v) is 9.19. The van der Waals surface area contributed by atoms with E-state index in [0.29, 0.717) is 24.9 Å². The van der Waals surface area contributed by atoms with Crippen LogP contribution in [0.25, 0.3) is 0 Å². The average Bonchev–Trinajstić information content (AvgIpc) is 3.52. The van der Waals surface area contributed by atoms with Gasteiger partial charge in [0.25, 0.3) is 0 Å². The lowest BCUT2D eigenvalue weighted by atomic mass is 9.73. The van der Waals surface area contributed by atoms with Gasteiger partial charge in [-0.15, -0.1) is 0 Å². The third-order valence-electron chi connectivity index (χ3n) is 6.22. The number of fused-ring (bicyclic) bond motifs is 4. The number of nitrogens with one attached hydrogen (secondary N) is 1. The molecule has 5 heteroatoms. The SMILES string of the molecule is COC(C)(C)COc1ccc2c(c1)[C@]1(C=C(N)NC1)c1cc(C#CC3CC3)ccc1O2. The Morgan fingerprint density at radius 3 is 2.58 bits per heavy atom.